The number of benzene rings is 1. The summed E-state index contributed by atoms with van der Waals surface area (Å²) in [5, 5.41) is 12.4. The summed E-state index contributed by atoms with van der Waals surface area (Å²) in [6.45, 7) is 0.0124. The Kier molecular flexibility index (Phi) is 6.96. The molecular weight excluding hydrogens is 452 g/mol. The molecule has 1 fully saturated rings. The maximum Gasteiger partial charge on any atom is 0.240 e. The molecule has 7 nitrogen and oxygen atoms in total. The normalized spacial score (nSPS) is 15.6. The van der Waals surface area contributed by atoms with Crippen LogP contribution in [0.1, 0.15) is 49.5 Å². The van der Waals surface area contributed by atoms with Crippen LogP contribution in [0.25, 0.3) is 0 Å². The molecule has 0 bridgehead atoms. The van der Waals surface area contributed by atoms with Crippen molar-refractivity contribution in [3.05, 3.63) is 33.7 Å². The van der Waals surface area contributed by atoms with Crippen LogP contribution in [0.5, 0.6) is 0 Å². The van der Waals surface area contributed by atoms with E-state index in [1.54, 1.807) is 12.1 Å². The van der Waals surface area contributed by atoms with E-state index in [9.17, 15) is 13.2 Å². The minimum absolute atomic E-state index is 0.0124. The van der Waals surface area contributed by atoms with Crippen molar-refractivity contribution in [1.82, 2.24) is 14.9 Å². The van der Waals surface area contributed by atoms with E-state index >= 15 is 0 Å². The lowest BCUT2D eigenvalue weighted by molar-refractivity contribution is -0.116. The van der Waals surface area contributed by atoms with Crippen LogP contribution in [-0.2, 0) is 14.8 Å². The topological polar surface area (TPSA) is 101 Å². The van der Waals surface area contributed by atoms with Crippen molar-refractivity contribution in [2.24, 2.45) is 0 Å². The van der Waals surface area contributed by atoms with E-state index in [0.29, 0.717) is 11.0 Å². The summed E-state index contributed by atoms with van der Waals surface area (Å²) < 4.78 is 27.6. The van der Waals surface area contributed by atoms with Gasteiger partial charge >= 0.3 is 0 Å². The summed E-state index contributed by atoms with van der Waals surface area (Å²) in [6.07, 6.45) is 5.97. The van der Waals surface area contributed by atoms with Gasteiger partial charge in [0.1, 0.15) is 5.01 Å². The Hall–Kier alpha value is -1.36. The molecule has 27 heavy (non-hydrogen) atoms. The zero-order valence-corrected chi connectivity index (χ0v) is 17.9. The molecule has 10 heteroatoms. The fraction of sp³-hybridized carbons (Fsp3) is 0.471. The van der Waals surface area contributed by atoms with Crippen LogP contribution in [0.4, 0.5) is 5.13 Å². The second kappa shape index (κ2) is 9.22. The largest absolute Gasteiger partial charge is 0.300 e. The maximum atomic E-state index is 12.2. The number of aromatic nitrogens is 2. The first kappa shape index (κ1) is 20.4. The third kappa shape index (κ3) is 5.81. The van der Waals surface area contributed by atoms with Gasteiger partial charge in [-0.1, -0.05) is 46.5 Å². The lowest BCUT2D eigenvalue weighted by atomic mass is 9.90. The first-order chi connectivity index (χ1) is 12.9. The van der Waals surface area contributed by atoms with E-state index in [1.165, 1.54) is 42.7 Å². The zero-order valence-electron chi connectivity index (χ0n) is 14.7. The van der Waals surface area contributed by atoms with Crippen LogP contribution < -0.4 is 10.0 Å². The summed E-state index contributed by atoms with van der Waals surface area (Å²) in [7, 11) is -3.63. The third-order valence-electron chi connectivity index (χ3n) is 4.41. The lowest BCUT2D eigenvalue weighted by Crippen LogP contribution is -2.27. The Morgan fingerprint density at radius 2 is 1.85 bits per heavy atom. The molecule has 2 aromatic rings. The number of halogens is 1. The van der Waals surface area contributed by atoms with Gasteiger partial charge in [-0.25, -0.2) is 13.1 Å². The van der Waals surface area contributed by atoms with E-state index in [-0.39, 0.29) is 23.8 Å². The Bertz CT molecular complexity index is 878. The molecule has 1 aliphatic rings. The van der Waals surface area contributed by atoms with E-state index in [0.717, 1.165) is 22.3 Å². The minimum Gasteiger partial charge on any atom is -0.300 e. The highest BCUT2D eigenvalue weighted by Crippen LogP contribution is 2.35. The van der Waals surface area contributed by atoms with Crippen LogP contribution in [0.2, 0.25) is 0 Å². The summed E-state index contributed by atoms with van der Waals surface area (Å²) >= 11 is 4.67. The number of amides is 1. The maximum absolute atomic E-state index is 12.2. The van der Waals surface area contributed by atoms with E-state index in [2.05, 4.69) is 36.2 Å². The molecule has 3 rings (SSSR count). The van der Waals surface area contributed by atoms with Crippen LogP contribution in [0.3, 0.4) is 0 Å². The van der Waals surface area contributed by atoms with E-state index in [1.807, 2.05) is 0 Å². The molecule has 1 aromatic carbocycles. The molecule has 2 N–H and O–H groups in total. The number of nitrogens with zero attached hydrogens (tertiary/aromatic N) is 2. The van der Waals surface area contributed by atoms with Crippen molar-refractivity contribution in [3.63, 3.8) is 0 Å². The molecule has 0 saturated heterocycles. The van der Waals surface area contributed by atoms with Gasteiger partial charge in [-0.05, 0) is 37.1 Å². The predicted molar refractivity (Wildman–Crippen MR) is 108 cm³/mol. The van der Waals surface area contributed by atoms with Crippen LogP contribution >= 0.6 is 27.3 Å². The number of hydrogen-bond donors (Lipinski definition) is 2. The number of carbonyl (C=O) groups excluding carboxylic acids is 1. The average Bonchev–Trinajstić information content (AvgIpc) is 3.11. The first-order valence-electron chi connectivity index (χ1n) is 8.82. The Morgan fingerprint density at radius 1 is 1.15 bits per heavy atom. The van der Waals surface area contributed by atoms with Gasteiger partial charge in [-0.2, -0.15) is 0 Å². The Balaban J connectivity index is 1.47. The van der Waals surface area contributed by atoms with Gasteiger partial charge in [0.2, 0.25) is 21.1 Å². The van der Waals surface area contributed by atoms with Gasteiger partial charge in [0.05, 0.1) is 4.90 Å². The molecule has 1 heterocycles. The molecule has 1 aromatic heterocycles. The van der Waals surface area contributed by atoms with Crippen molar-refractivity contribution < 1.29 is 13.2 Å². The summed E-state index contributed by atoms with van der Waals surface area (Å²) in [4.78, 5) is 12.2. The van der Waals surface area contributed by atoms with Gasteiger partial charge in [0.15, 0.2) is 0 Å². The lowest BCUT2D eigenvalue weighted by Gasteiger charge is -2.18. The van der Waals surface area contributed by atoms with Crippen molar-refractivity contribution in [2.75, 3.05) is 11.9 Å². The highest BCUT2D eigenvalue weighted by Gasteiger charge is 2.20. The standard InChI is InChI=1S/C17H21BrN4O3S2/c18-13-6-8-14(9-7-13)27(24,25)19-11-10-15(23)20-17-22-21-16(26-17)12-4-2-1-3-5-12/h6-9,12,19H,1-5,10-11H2,(H,20,22,23). The van der Waals surface area contributed by atoms with E-state index in [4.69, 9.17) is 0 Å². The number of nitrogens with one attached hydrogen (secondary N) is 2. The SMILES string of the molecule is O=C(CCNS(=O)(=O)c1ccc(Br)cc1)Nc1nnc(C2CCCCC2)s1. The molecule has 0 aliphatic heterocycles. The second-order valence-electron chi connectivity index (χ2n) is 6.43. The molecule has 1 aliphatic carbocycles. The zero-order chi connectivity index (χ0) is 19.3. The van der Waals surface area contributed by atoms with Crippen LogP contribution in [-0.4, -0.2) is 31.1 Å². The Morgan fingerprint density at radius 3 is 2.56 bits per heavy atom. The highest BCUT2D eigenvalue weighted by atomic mass is 79.9. The fourth-order valence-corrected chi connectivity index (χ4v) is 5.20. The quantitative estimate of drug-likeness (QED) is 0.639. The monoisotopic (exact) mass is 472 g/mol. The molecule has 1 amide bonds. The van der Waals surface area contributed by atoms with Gasteiger partial charge in [-0.15, -0.1) is 10.2 Å². The average molecular weight is 473 g/mol. The molecule has 146 valence electrons. The molecular formula is C17H21BrN4O3S2. The number of hydrogen-bond acceptors (Lipinski definition) is 6. The number of rotatable bonds is 7. The van der Waals surface area contributed by atoms with E-state index < -0.39 is 10.0 Å². The minimum atomic E-state index is -3.63. The van der Waals surface area contributed by atoms with Crippen molar-refractivity contribution in [2.45, 2.75) is 49.3 Å². The fourth-order valence-electron chi connectivity index (χ4n) is 2.98. The van der Waals surface area contributed by atoms with Crippen molar-refractivity contribution in [1.29, 1.82) is 0 Å². The first-order valence-corrected chi connectivity index (χ1v) is 11.9. The molecule has 0 spiro atoms. The number of sulfonamides is 1. The van der Waals surface area contributed by atoms with Gasteiger partial charge in [0, 0.05) is 23.4 Å². The van der Waals surface area contributed by atoms with Gasteiger partial charge < -0.3 is 5.32 Å². The predicted octanol–water partition coefficient (Wildman–Crippen LogP) is 3.66. The van der Waals surface area contributed by atoms with Crippen molar-refractivity contribution in [3.8, 4) is 0 Å². The number of anilines is 1. The molecule has 0 unspecified atom stereocenters. The van der Waals surface area contributed by atoms with Crippen LogP contribution in [0, 0.1) is 0 Å². The van der Waals surface area contributed by atoms with Gasteiger partial charge in [-0.3, -0.25) is 4.79 Å². The summed E-state index contributed by atoms with van der Waals surface area (Å²) in [5.74, 6) is 0.152. The smallest absolute Gasteiger partial charge is 0.240 e. The third-order valence-corrected chi connectivity index (χ3v) is 7.42. The van der Waals surface area contributed by atoms with Crippen molar-refractivity contribution >= 4 is 48.3 Å². The Labute approximate surface area is 171 Å². The molecule has 0 radical (unpaired) electrons. The number of carbonyl (C=O) groups is 1. The summed E-state index contributed by atoms with van der Waals surface area (Å²) in [6, 6.07) is 6.31. The highest BCUT2D eigenvalue weighted by molar-refractivity contribution is 9.10. The molecule has 1 saturated carbocycles. The second-order valence-corrected chi connectivity index (χ2v) is 10.1. The van der Waals surface area contributed by atoms with Gasteiger partial charge in [0.25, 0.3) is 0 Å². The molecule has 0 atom stereocenters. The summed E-state index contributed by atoms with van der Waals surface area (Å²) in [5.41, 5.74) is 0. The van der Waals surface area contributed by atoms with Crippen LogP contribution in [0.15, 0.2) is 33.6 Å².